The molecule has 2 aromatic carbocycles. The van der Waals surface area contributed by atoms with Crippen LogP contribution in [-0.4, -0.2) is 34.6 Å². The van der Waals surface area contributed by atoms with E-state index in [0.29, 0.717) is 30.0 Å². The maximum Gasteiger partial charge on any atom is 0.287 e. The molecule has 6 nitrogen and oxygen atoms in total. The van der Waals surface area contributed by atoms with Crippen molar-refractivity contribution in [2.75, 3.05) is 25.6 Å². The highest BCUT2D eigenvalue weighted by Crippen LogP contribution is 2.39. The van der Waals surface area contributed by atoms with E-state index in [9.17, 15) is 12.8 Å². The minimum absolute atomic E-state index is 0.0303. The van der Waals surface area contributed by atoms with Gasteiger partial charge in [0.15, 0.2) is 0 Å². The van der Waals surface area contributed by atoms with Gasteiger partial charge in [-0.25, -0.2) is 4.39 Å². The van der Waals surface area contributed by atoms with Gasteiger partial charge in [-0.3, -0.25) is 0 Å². The van der Waals surface area contributed by atoms with Gasteiger partial charge in [0.2, 0.25) is 5.96 Å². The zero-order chi connectivity index (χ0) is 18.0. The summed E-state index contributed by atoms with van der Waals surface area (Å²) in [6, 6.07) is 8.70. The highest BCUT2D eigenvalue weighted by atomic mass is 35.5. The van der Waals surface area contributed by atoms with Crippen LogP contribution in [0.3, 0.4) is 0 Å². The van der Waals surface area contributed by atoms with Crippen molar-refractivity contribution in [1.82, 2.24) is 5.32 Å². The van der Waals surface area contributed by atoms with E-state index >= 15 is 0 Å². The number of hydrogen-bond acceptors (Lipinski definition) is 5. The summed E-state index contributed by atoms with van der Waals surface area (Å²) in [6.07, 6.45) is 0. The van der Waals surface area contributed by atoms with Crippen LogP contribution in [0.25, 0.3) is 11.1 Å². The molecule has 0 spiro atoms. The highest BCUT2D eigenvalue weighted by molar-refractivity contribution is 7.90. The van der Waals surface area contributed by atoms with E-state index in [-0.39, 0.29) is 15.9 Å². The monoisotopic (exact) mass is 383 g/mol. The molecule has 0 aromatic heterocycles. The molecule has 2 aromatic rings. The molecule has 0 bridgehead atoms. The summed E-state index contributed by atoms with van der Waals surface area (Å²) < 4.78 is 46.9. The maximum absolute atomic E-state index is 13.3. The van der Waals surface area contributed by atoms with E-state index in [4.69, 9.17) is 16.3 Å². The summed E-state index contributed by atoms with van der Waals surface area (Å²) in [4.78, 5) is 0.0303. The van der Waals surface area contributed by atoms with Gasteiger partial charge < -0.3 is 15.4 Å². The second-order valence-corrected chi connectivity index (χ2v) is 7.24. The lowest BCUT2D eigenvalue weighted by atomic mass is 10.0. The lowest BCUT2D eigenvalue weighted by Crippen LogP contribution is -2.36. The van der Waals surface area contributed by atoms with Crippen molar-refractivity contribution in [3.63, 3.8) is 0 Å². The number of ether oxygens (including phenoxy) is 1. The average molecular weight is 384 g/mol. The maximum atomic E-state index is 13.3. The minimum Gasteiger partial charge on any atom is -0.383 e. The van der Waals surface area contributed by atoms with Crippen molar-refractivity contribution in [2.45, 2.75) is 4.90 Å². The van der Waals surface area contributed by atoms with Crippen molar-refractivity contribution in [1.29, 1.82) is 0 Å². The molecule has 0 fully saturated rings. The Balaban J connectivity index is 2.07. The van der Waals surface area contributed by atoms with Crippen LogP contribution in [0, 0.1) is 5.82 Å². The molecule has 3 rings (SSSR count). The van der Waals surface area contributed by atoms with Crippen molar-refractivity contribution in [3.05, 3.63) is 47.2 Å². The summed E-state index contributed by atoms with van der Waals surface area (Å²) >= 11 is 6.14. The standard InChI is InChI=1S/C16H15ClFN3O3S/c1-24-8-7-19-16-20-15-12(11-6-5-10(18)9-13(11)17)3-2-4-14(15)25(22,23)21-16/h2-6,9H,7-8H2,1H3,(H2,19,20,21). The Morgan fingerprint density at radius 3 is 2.80 bits per heavy atom. The van der Waals surface area contributed by atoms with Crippen molar-refractivity contribution in [2.24, 2.45) is 4.40 Å². The quantitative estimate of drug-likeness (QED) is 0.793. The lowest BCUT2D eigenvalue weighted by molar-refractivity contribution is 0.204. The molecule has 0 atom stereocenters. The molecule has 1 heterocycles. The van der Waals surface area contributed by atoms with Gasteiger partial charge in [0, 0.05) is 24.8 Å². The number of guanidine groups is 1. The third-order valence-corrected chi connectivity index (χ3v) is 5.21. The highest BCUT2D eigenvalue weighted by Gasteiger charge is 2.27. The van der Waals surface area contributed by atoms with E-state index in [1.54, 1.807) is 19.2 Å². The predicted octanol–water partition coefficient (Wildman–Crippen LogP) is 2.85. The molecule has 1 aliphatic rings. The first-order chi connectivity index (χ1) is 11.9. The molecule has 132 valence electrons. The van der Waals surface area contributed by atoms with Crippen LogP contribution in [0.1, 0.15) is 0 Å². The second-order valence-electron chi connectivity index (χ2n) is 5.26. The zero-order valence-corrected chi connectivity index (χ0v) is 14.8. The van der Waals surface area contributed by atoms with Gasteiger partial charge in [-0.15, -0.1) is 4.40 Å². The number of nitrogens with one attached hydrogen (secondary N) is 2. The lowest BCUT2D eigenvalue weighted by Gasteiger charge is -2.22. The van der Waals surface area contributed by atoms with Gasteiger partial charge in [-0.05, 0) is 24.3 Å². The van der Waals surface area contributed by atoms with Crippen LogP contribution >= 0.6 is 11.6 Å². The Morgan fingerprint density at radius 2 is 2.08 bits per heavy atom. The fraction of sp³-hybridized carbons (Fsp3) is 0.188. The second kappa shape index (κ2) is 6.99. The molecular formula is C16H15ClFN3O3S. The first kappa shape index (κ1) is 17.7. The molecule has 0 radical (unpaired) electrons. The normalized spacial score (nSPS) is 15.1. The predicted molar refractivity (Wildman–Crippen MR) is 95.0 cm³/mol. The Bertz CT molecular complexity index is 948. The summed E-state index contributed by atoms with van der Waals surface area (Å²) in [5.74, 6) is -0.377. The number of methoxy groups -OCH3 is 1. The fourth-order valence-electron chi connectivity index (χ4n) is 2.47. The van der Waals surface area contributed by atoms with Crippen LogP contribution < -0.4 is 10.6 Å². The number of nitrogens with zero attached hydrogens (tertiary/aromatic N) is 1. The molecule has 0 saturated heterocycles. The number of halogens is 2. The van der Waals surface area contributed by atoms with Crippen LogP contribution in [0.15, 0.2) is 45.7 Å². The smallest absolute Gasteiger partial charge is 0.287 e. The van der Waals surface area contributed by atoms with Crippen LogP contribution in [0.5, 0.6) is 0 Å². The average Bonchev–Trinajstić information content (AvgIpc) is 2.54. The minimum atomic E-state index is -3.87. The van der Waals surface area contributed by atoms with Gasteiger partial charge in [-0.2, -0.15) is 8.42 Å². The molecule has 1 aliphatic heterocycles. The SMILES string of the molecule is COCCNC1=NS(=O)(=O)c2cccc(-c3ccc(F)cc3Cl)c2N1. The Labute approximate surface area is 149 Å². The van der Waals surface area contributed by atoms with Gasteiger partial charge in [-0.1, -0.05) is 23.7 Å². The number of anilines is 1. The van der Waals surface area contributed by atoms with E-state index in [2.05, 4.69) is 15.0 Å². The molecule has 0 amide bonds. The number of hydrogen-bond donors (Lipinski definition) is 2. The zero-order valence-electron chi connectivity index (χ0n) is 13.2. The van der Waals surface area contributed by atoms with Crippen molar-refractivity contribution in [3.8, 4) is 11.1 Å². The van der Waals surface area contributed by atoms with Gasteiger partial charge in [0.1, 0.15) is 10.7 Å². The van der Waals surface area contributed by atoms with Gasteiger partial charge in [0.05, 0.1) is 17.3 Å². The van der Waals surface area contributed by atoms with E-state index in [0.717, 1.165) is 0 Å². The molecule has 0 aliphatic carbocycles. The van der Waals surface area contributed by atoms with Crippen LogP contribution in [0.4, 0.5) is 10.1 Å². The summed E-state index contributed by atoms with van der Waals surface area (Å²) in [6.45, 7) is 0.770. The van der Waals surface area contributed by atoms with Crippen molar-refractivity contribution < 1.29 is 17.5 Å². The first-order valence-corrected chi connectivity index (χ1v) is 9.17. The molecule has 9 heteroatoms. The van der Waals surface area contributed by atoms with Crippen LogP contribution in [0.2, 0.25) is 5.02 Å². The van der Waals surface area contributed by atoms with Crippen molar-refractivity contribution >= 4 is 33.3 Å². The Kier molecular flexibility index (Phi) is 4.94. The van der Waals surface area contributed by atoms with E-state index in [1.807, 2.05) is 0 Å². The molecule has 2 N–H and O–H groups in total. The topological polar surface area (TPSA) is 79.8 Å². The van der Waals surface area contributed by atoms with Gasteiger partial charge in [0.25, 0.3) is 10.0 Å². The third-order valence-electron chi connectivity index (χ3n) is 3.58. The largest absolute Gasteiger partial charge is 0.383 e. The van der Waals surface area contributed by atoms with Crippen LogP contribution in [-0.2, 0) is 14.8 Å². The number of benzene rings is 2. The van der Waals surface area contributed by atoms with Gasteiger partial charge >= 0.3 is 0 Å². The number of para-hydroxylation sites is 1. The number of rotatable bonds is 4. The summed E-state index contributed by atoms with van der Waals surface area (Å²) in [5, 5.41) is 6.02. The molecule has 0 unspecified atom stereocenters. The summed E-state index contributed by atoms with van der Waals surface area (Å²) in [5.41, 5.74) is 1.39. The van der Waals surface area contributed by atoms with E-state index < -0.39 is 15.8 Å². The summed E-state index contributed by atoms with van der Waals surface area (Å²) in [7, 11) is -2.33. The fourth-order valence-corrected chi connectivity index (χ4v) is 3.85. The molecule has 25 heavy (non-hydrogen) atoms. The Hall–Kier alpha value is -2.16. The third kappa shape index (κ3) is 3.60. The Morgan fingerprint density at radius 1 is 1.28 bits per heavy atom. The molecular weight excluding hydrogens is 369 g/mol. The number of sulfonamides is 1. The molecule has 0 saturated carbocycles. The first-order valence-electron chi connectivity index (χ1n) is 7.35. The van der Waals surface area contributed by atoms with E-state index in [1.165, 1.54) is 24.3 Å². The number of fused-ring (bicyclic) bond motifs is 1.